The predicted molar refractivity (Wildman–Crippen MR) is 154 cm³/mol. The highest BCUT2D eigenvalue weighted by Crippen LogP contribution is 2.15. The van der Waals surface area contributed by atoms with Crippen molar-refractivity contribution in [2.24, 2.45) is 4.99 Å². The Kier molecular flexibility index (Phi) is 19.1. The fourth-order valence-electron chi connectivity index (χ4n) is 2.52. The van der Waals surface area contributed by atoms with Crippen molar-refractivity contribution in [3.8, 4) is 11.8 Å². The van der Waals surface area contributed by atoms with Crippen LogP contribution in [0.5, 0.6) is 0 Å². The highest BCUT2D eigenvalue weighted by Gasteiger charge is 2.08. The van der Waals surface area contributed by atoms with Gasteiger partial charge >= 0.3 is 0 Å². The monoisotopic (exact) mass is 460 g/mol. The molecule has 2 nitrogen and oxygen atoms in total. The second kappa shape index (κ2) is 20.8. The van der Waals surface area contributed by atoms with Gasteiger partial charge in [-0.1, -0.05) is 110 Å². The predicted octanol–water partition coefficient (Wildman–Crippen LogP) is 8.91. The van der Waals surface area contributed by atoms with Gasteiger partial charge in [0.2, 0.25) is 0 Å². The summed E-state index contributed by atoms with van der Waals surface area (Å²) >= 11 is 0. The zero-order valence-corrected chi connectivity index (χ0v) is 22.9. The van der Waals surface area contributed by atoms with Gasteiger partial charge in [-0.05, 0) is 61.4 Å². The van der Waals surface area contributed by atoms with Crippen LogP contribution in [0.15, 0.2) is 66.3 Å². The third-order valence-corrected chi connectivity index (χ3v) is 5.40. The van der Waals surface area contributed by atoms with E-state index in [9.17, 15) is 0 Å². The molecule has 1 N–H and O–H groups in total. The highest BCUT2D eigenvalue weighted by atomic mass is 14.9. The van der Waals surface area contributed by atoms with Crippen LogP contribution < -0.4 is 5.32 Å². The Morgan fingerprint density at radius 2 is 1.29 bits per heavy atom. The first kappa shape index (κ1) is 31.2. The van der Waals surface area contributed by atoms with Crippen LogP contribution in [0.3, 0.4) is 0 Å². The van der Waals surface area contributed by atoms with Crippen LogP contribution >= 0.6 is 0 Å². The van der Waals surface area contributed by atoms with Gasteiger partial charge in [-0.3, -0.25) is 4.99 Å². The number of aliphatic imine (C=N–C) groups is 1. The Balaban J connectivity index is 0.00000118. The van der Waals surface area contributed by atoms with Crippen molar-refractivity contribution < 1.29 is 0 Å². The Hall–Kier alpha value is -2.79. The third kappa shape index (κ3) is 14.4. The largest absolute Gasteiger partial charge is 0.383 e. The molecular weight excluding hydrogens is 412 g/mol. The lowest BCUT2D eigenvalue weighted by Crippen LogP contribution is -2.18. The molecule has 186 valence electrons. The highest BCUT2D eigenvalue weighted by molar-refractivity contribution is 5.81. The summed E-state index contributed by atoms with van der Waals surface area (Å²) in [5.41, 5.74) is 5.75. The van der Waals surface area contributed by atoms with Crippen molar-refractivity contribution in [1.82, 2.24) is 5.32 Å². The standard InChI is InChI=1S/C24H28N2.2C4H10/c1-5-19(4)26-18-24(25-7-3)23-16-14-22(15-17-23)13-12-21-10-8-20(6-2)9-11-21;2*1-3-4-2/h7-11,14-17,24-25H,3,5-6,18H2,1-2,4H3;2*3-4H2,1-2H3. The topological polar surface area (TPSA) is 24.4 Å². The summed E-state index contributed by atoms with van der Waals surface area (Å²) in [4.78, 5) is 4.63. The lowest BCUT2D eigenvalue weighted by atomic mass is 10.0. The maximum atomic E-state index is 4.63. The molecule has 2 rings (SSSR count). The Bertz CT molecular complexity index is 841. The summed E-state index contributed by atoms with van der Waals surface area (Å²) in [5.74, 6) is 6.47. The average Bonchev–Trinajstić information content (AvgIpc) is 2.90. The zero-order chi connectivity index (χ0) is 25.6. The van der Waals surface area contributed by atoms with Gasteiger partial charge in [0.15, 0.2) is 0 Å². The van der Waals surface area contributed by atoms with Gasteiger partial charge in [-0.2, -0.15) is 0 Å². The molecule has 2 aromatic rings. The maximum Gasteiger partial charge on any atom is 0.0703 e. The van der Waals surface area contributed by atoms with Crippen LogP contribution in [-0.2, 0) is 6.42 Å². The lowest BCUT2D eigenvalue weighted by Gasteiger charge is -2.16. The maximum absolute atomic E-state index is 4.63. The molecule has 2 heteroatoms. The third-order valence-electron chi connectivity index (χ3n) is 5.40. The van der Waals surface area contributed by atoms with E-state index < -0.39 is 0 Å². The Morgan fingerprint density at radius 3 is 1.68 bits per heavy atom. The second-order valence-corrected chi connectivity index (χ2v) is 8.28. The SMILES string of the molecule is C=CNC(CN=C(C)CC)c1ccc(C#Cc2ccc(CC)cc2)cc1.CCCC.CCCC. The van der Waals surface area contributed by atoms with E-state index in [1.165, 1.54) is 36.8 Å². The minimum atomic E-state index is 0.137. The minimum absolute atomic E-state index is 0.137. The first-order valence-corrected chi connectivity index (χ1v) is 13.1. The second-order valence-electron chi connectivity index (χ2n) is 8.28. The first-order valence-electron chi connectivity index (χ1n) is 13.1. The van der Waals surface area contributed by atoms with Gasteiger partial charge in [0.1, 0.15) is 0 Å². The summed E-state index contributed by atoms with van der Waals surface area (Å²) in [6.07, 6.45) is 9.04. The average molecular weight is 461 g/mol. The van der Waals surface area contributed by atoms with Crippen molar-refractivity contribution in [3.05, 3.63) is 83.6 Å². The van der Waals surface area contributed by atoms with E-state index in [1.54, 1.807) is 6.20 Å². The normalized spacial score (nSPS) is 11.0. The number of nitrogens with one attached hydrogen (secondary N) is 1. The molecule has 34 heavy (non-hydrogen) atoms. The van der Waals surface area contributed by atoms with Gasteiger partial charge in [-0.15, -0.1) is 0 Å². The van der Waals surface area contributed by atoms with Crippen molar-refractivity contribution in [1.29, 1.82) is 0 Å². The molecule has 2 aromatic carbocycles. The van der Waals surface area contributed by atoms with Crippen LogP contribution in [0.4, 0.5) is 0 Å². The van der Waals surface area contributed by atoms with Crippen molar-refractivity contribution in [2.75, 3.05) is 6.54 Å². The molecule has 0 radical (unpaired) electrons. The summed E-state index contributed by atoms with van der Waals surface area (Å²) in [5, 5.41) is 3.29. The van der Waals surface area contributed by atoms with Gasteiger partial charge < -0.3 is 5.32 Å². The molecule has 0 amide bonds. The van der Waals surface area contributed by atoms with Gasteiger partial charge in [0, 0.05) is 16.8 Å². The van der Waals surface area contributed by atoms with Crippen LogP contribution in [0.1, 0.15) is 109 Å². The first-order chi connectivity index (χ1) is 16.5. The van der Waals surface area contributed by atoms with Crippen LogP contribution in [-0.4, -0.2) is 12.3 Å². The van der Waals surface area contributed by atoms with Crippen LogP contribution in [0.25, 0.3) is 0 Å². The van der Waals surface area contributed by atoms with Crippen molar-refractivity contribution in [2.45, 2.75) is 93.0 Å². The Labute approximate surface area is 211 Å². The van der Waals surface area contributed by atoms with E-state index >= 15 is 0 Å². The molecule has 0 fully saturated rings. The van der Waals surface area contributed by atoms with E-state index in [2.05, 4.69) is 126 Å². The number of benzene rings is 2. The molecule has 0 saturated heterocycles. The number of rotatable bonds is 9. The van der Waals surface area contributed by atoms with E-state index in [0.717, 1.165) is 29.7 Å². The molecule has 0 aliphatic carbocycles. The summed E-state index contributed by atoms with van der Waals surface area (Å²) in [6.45, 7) is 19.6. The molecule has 0 aliphatic heterocycles. The molecule has 0 aromatic heterocycles. The molecule has 0 saturated carbocycles. The molecule has 0 spiro atoms. The smallest absolute Gasteiger partial charge is 0.0703 e. The summed E-state index contributed by atoms with van der Waals surface area (Å²) in [6, 6.07) is 16.9. The minimum Gasteiger partial charge on any atom is -0.383 e. The zero-order valence-electron chi connectivity index (χ0n) is 22.9. The van der Waals surface area contributed by atoms with Gasteiger partial charge in [0.05, 0.1) is 12.6 Å². The fourth-order valence-corrected chi connectivity index (χ4v) is 2.52. The number of nitrogens with zero attached hydrogens (tertiary/aromatic N) is 1. The van der Waals surface area contributed by atoms with Crippen molar-refractivity contribution in [3.63, 3.8) is 0 Å². The van der Waals surface area contributed by atoms with Crippen molar-refractivity contribution >= 4 is 5.71 Å². The lowest BCUT2D eigenvalue weighted by molar-refractivity contribution is 0.634. The molecule has 1 unspecified atom stereocenters. The molecule has 0 bridgehead atoms. The molecule has 1 atom stereocenters. The van der Waals surface area contributed by atoms with Crippen LogP contribution in [0, 0.1) is 11.8 Å². The van der Waals surface area contributed by atoms with E-state index in [1.807, 2.05) is 0 Å². The Morgan fingerprint density at radius 1 is 0.824 bits per heavy atom. The number of unbranched alkanes of at least 4 members (excludes halogenated alkanes) is 2. The molecule has 0 heterocycles. The number of hydrogen-bond acceptors (Lipinski definition) is 2. The van der Waals surface area contributed by atoms with E-state index in [0.29, 0.717) is 6.54 Å². The fraction of sp³-hybridized carbons (Fsp3) is 0.469. The molecule has 0 aliphatic rings. The number of aryl methyl sites for hydroxylation is 1. The summed E-state index contributed by atoms with van der Waals surface area (Å²) < 4.78 is 0. The molecular formula is C32H48N2. The van der Waals surface area contributed by atoms with E-state index in [-0.39, 0.29) is 6.04 Å². The quantitative estimate of drug-likeness (QED) is 0.293. The van der Waals surface area contributed by atoms with Gasteiger partial charge in [-0.25, -0.2) is 0 Å². The summed E-state index contributed by atoms with van der Waals surface area (Å²) in [7, 11) is 0. The van der Waals surface area contributed by atoms with Gasteiger partial charge in [0.25, 0.3) is 0 Å². The van der Waals surface area contributed by atoms with E-state index in [4.69, 9.17) is 0 Å². The number of hydrogen-bond donors (Lipinski definition) is 1. The van der Waals surface area contributed by atoms with Crippen LogP contribution in [0.2, 0.25) is 0 Å².